The van der Waals surface area contributed by atoms with Gasteiger partial charge in [-0.15, -0.1) is 0 Å². The van der Waals surface area contributed by atoms with Crippen LogP contribution in [0.1, 0.15) is 31.2 Å². The Morgan fingerprint density at radius 2 is 2.11 bits per heavy atom. The summed E-state index contributed by atoms with van der Waals surface area (Å²) < 4.78 is 20.6. The molecule has 28 heavy (non-hydrogen) atoms. The molecule has 144 valence electrons. The van der Waals surface area contributed by atoms with E-state index >= 15 is 0 Å². The highest BCUT2D eigenvalue weighted by Crippen LogP contribution is 2.53. The summed E-state index contributed by atoms with van der Waals surface area (Å²) >= 11 is 0. The summed E-state index contributed by atoms with van der Waals surface area (Å²) in [6.45, 7) is 0. The molecule has 1 spiro atoms. The quantitative estimate of drug-likeness (QED) is 0.772. The van der Waals surface area contributed by atoms with E-state index in [1.54, 1.807) is 31.3 Å². The zero-order chi connectivity index (χ0) is 19.5. The number of carbonyl (C=O) groups is 1. The molecule has 3 aliphatic rings. The third kappa shape index (κ3) is 2.22. The fourth-order valence-electron chi connectivity index (χ4n) is 4.86. The molecule has 5 rings (SSSR count). The molecule has 3 unspecified atom stereocenters. The number of aliphatic imine (C=N–C) groups is 1. The normalized spacial score (nSPS) is 28.6. The van der Waals surface area contributed by atoms with Gasteiger partial charge >= 0.3 is 0 Å². The molecule has 1 fully saturated rings. The smallest absolute Gasteiger partial charge is 0.262 e. The second kappa shape index (κ2) is 6.02. The number of benzene rings is 1. The predicted molar refractivity (Wildman–Crippen MR) is 102 cm³/mol. The minimum Gasteiger partial charge on any atom is -0.490 e. The number of ether oxygens (including phenoxy) is 1. The Bertz CT molecular complexity index is 1010. The molecule has 0 saturated heterocycles. The molecule has 1 aliphatic carbocycles. The SMILES string of the molecule is CN1C(=O)C2(N=C1N)c1cc(-c3cccnc3F)ccc1OC1CCCCC12. The van der Waals surface area contributed by atoms with Crippen LogP contribution in [0.2, 0.25) is 0 Å². The number of amides is 1. The number of carbonyl (C=O) groups excluding carboxylic acids is 1. The highest BCUT2D eigenvalue weighted by molar-refractivity contribution is 6.07. The van der Waals surface area contributed by atoms with Gasteiger partial charge in [0.1, 0.15) is 11.9 Å². The number of hydrogen-bond acceptors (Lipinski definition) is 5. The maximum absolute atomic E-state index is 14.3. The number of nitrogens with zero attached hydrogens (tertiary/aromatic N) is 3. The minimum absolute atomic E-state index is 0.0748. The molecule has 3 heterocycles. The topological polar surface area (TPSA) is 80.8 Å². The standard InChI is InChI=1S/C21H21FN4O2/c1-26-19(27)21(25-20(26)23)14-6-2-3-7-16(14)28-17-9-8-12(11-15(17)21)13-5-4-10-24-18(13)22/h4-5,8-11,14,16H,2-3,6-7H2,1H3,(H2,23,25). The first-order chi connectivity index (χ1) is 13.5. The maximum Gasteiger partial charge on any atom is 0.262 e. The Kier molecular flexibility index (Phi) is 3.69. The van der Waals surface area contributed by atoms with E-state index in [1.807, 2.05) is 6.07 Å². The molecule has 2 aliphatic heterocycles. The van der Waals surface area contributed by atoms with E-state index in [0.29, 0.717) is 22.4 Å². The summed E-state index contributed by atoms with van der Waals surface area (Å²) in [4.78, 5) is 23.3. The molecule has 7 heteroatoms. The summed E-state index contributed by atoms with van der Waals surface area (Å²) in [5.74, 6) is 0.0483. The molecular formula is C21H21FN4O2. The van der Waals surface area contributed by atoms with Gasteiger partial charge < -0.3 is 10.5 Å². The number of aromatic nitrogens is 1. The van der Waals surface area contributed by atoms with Gasteiger partial charge in [-0.3, -0.25) is 9.69 Å². The van der Waals surface area contributed by atoms with Crippen LogP contribution in [0, 0.1) is 11.9 Å². The van der Waals surface area contributed by atoms with Gasteiger partial charge in [-0.25, -0.2) is 9.98 Å². The van der Waals surface area contributed by atoms with E-state index in [1.165, 1.54) is 11.1 Å². The lowest BCUT2D eigenvalue weighted by molar-refractivity contribution is -0.136. The molecule has 0 radical (unpaired) electrons. The number of halogens is 1. The van der Waals surface area contributed by atoms with Crippen molar-refractivity contribution in [2.75, 3.05) is 7.05 Å². The molecule has 6 nitrogen and oxygen atoms in total. The first-order valence-electron chi connectivity index (χ1n) is 9.58. The Morgan fingerprint density at radius 1 is 1.29 bits per heavy atom. The van der Waals surface area contributed by atoms with Crippen LogP contribution in [0.25, 0.3) is 11.1 Å². The number of guanidine groups is 1. The van der Waals surface area contributed by atoms with Crippen LogP contribution in [-0.4, -0.2) is 34.9 Å². The van der Waals surface area contributed by atoms with Crippen molar-refractivity contribution in [2.45, 2.75) is 37.3 Å². The molecule has 2 aromatic rings. The second-order valence-electron chi connectivity index (χ2n) is 7.70. The summed E-state index contributed by atoms with van der Waals surface area (Å²) in [6.07, 6.45) is 5.15. The monoisotopic (exact) mass is 380 g/mol. The maximum atomic E-state index is 14.3. The van der Waals surface area contributed by atoms with Crippen LogP contribution in [0.3, 0.4) is 0 Å². The van der Waals surface area contributed by atoms with Crippen LogP contribution in [0.15, 0.2) is 41.5 Å². The summed E-state index contributed by atoms with van der Waals surface area (Å²) in [6, 6.07) is 8.77. The Hall–Kier alpha value is -2.96. The number of fused-ring (bicyclic) bond motifs is 4. The Labute approximate surface area is 162 Å². The van der Waals surface area contributed by atoms with Crippen molar-refractivity contribution in [1.29, 1.82) is 0 Å². The van der Waals surface area contributed by atoms with Crippen LogP contribution < -0.4 is 10.5 Å². The molecule has 3 atom stereocenters. The second-order valence-corrected chi connectivity index (χ2v) is 7.70. The van der Waals surface area contributed by atoms with Gasteiger partial charge in [0.25, 0.3) is 5.91 Å². The number of likely N-dealkylation sites (N-methyl/N-ethyl adjacent to an activating group) is 1. The van der Waals surface area contributed by atoms with Gasteiger partial charge in [-0.2, -0.15) is 4.39 Å². The number of rotatable bonds is 1. The van der Waals surface area contributed by atoms with Gasteiger partial charge in [-0.05, 0) is 49.1 Å². The Balaban J connectivity index is 1.74. The van der Waals surface area contributed by atoms with E-state index in [-0.39, 0.29) is 23.9 Å². The number of nitrogens with two attached hydrogens (primary N) is 1. The van der Waals surface area contributed by atoms with Gasteiger partial charge in [-0.1, -0.05) is 12.5 Å². The average molecular weight is 380 g/mol. The summed E-state index contributed by atoms with van der Waals surface area (Å²) in [5, 5.41) is 0. The third-order valence-corrected chi connectivity index (χ3v) is 6.24. The van der Waals surface area contributed by atoms with Crippen molar-refractivity contribution in [1.82, 2.24) is 9.88 Å². The lowest BCUT2D eigenvalue weighted by Gasteiger charge is -2.46. The number of hydrogen-bond donors (Lipinski definition) is 1. The molecular weight excluding hydrogens is 359 g/mol. The lowest BCUT2D eigenvalue weighted by Crippen LogP contribution is -2.53. The van der Waals surface area contributed by atoms with E-state index in [9.17, 15) is 9.18 Å². The zero-order valence-corrected chi connectivity index (χ0v) is 15.6. The third-order valence-electron chi connectivity index (χ3n) is 6.24. The lowest BCUT2D eigenvalue weighted by atomic mass is 9.67. The van der Waals surface area contributed by atoms with E-state index in [4.69, 9.17) is 15.5 Å². The molecule has 1 saturated carbocycles. The van der Waals surface area contributed by atoms with Crippen LogP contribution in [0.5, 0.6) is 5.75 Å². The molecule has 1 aromatic heterocycles. The first-order valence-corrected chi connectivity index (χ1v) is 9.58. The van der Waals surface area contributed by atoms with E-state index in [0.717, 1.165) is 25.7 Å². The zero-order valence-electron chi connectivity index (χ0n) is 15.6. The van der Waals surface area contributed by atoms with Gasteiger partial charge in [0, 0.05) is 30.3 Å². The van der Waals surface area contributed by atoms with Gasteiger partial charge in [0.05, 0.1) is 0 Å². The summed E-state index contributed by atoms with van der Waals surface area (Å²) in [5.41, 5.74) is 6.64. The number of pyridine rings is 1. The predicted octanol–water partition coefficient (Wildman–Crippen LogP) is 2.82. The van der Waals surface area contributed by atoms with Crippen LogP contribution in [0.4, 0.5) is 4.39 Å². The van der Waals surface area contributed by atoms with Crippen molar-refractivity contribution < 1.29 is 13.9 Å². The minimum atomic E-state index is -1.10. The van der Waals surface area contributed by atoms with Crippen molar-refractivity contribution in [3.8, 4) is 16.9 Å². The highest BCUT2D eigenvalue weighted by atomic mass is 19.1. The molecule has 1 aromatic carbocycles. The van der Waals surface area contributed by atoms with E-state index in [2.05, 4.69) is 4.98 Å². The van der Waals surface area contributed by atoms with E-state index < -0.39 is 11.5 Å². The fraction of sp³-hybridized carbons (Fsp3) is 0.381. The summed E-state index contributed by atoms with van der Waals surface area (Å²) in [7, 11) is 1.65. The van der Waals surface area contributed by atoms with Crippen molar-refractivity contribution >= 4 is 11.9 Å². The molecule has 1 amide bonds. The molecule has 0 bridgehead atoms. The van der Waals surface area contributed by atoms with Crippen molar-refractivity contribution in [2.24, 2.45) is 16.6 Å². The van der Waals surface area contributed by atoms with Crippen molar-refractivity contribution in [3.63, 3.8) is 0 Å². The molecule has 2 N–H and O–H groups in total. The van der Waals surface area contributed by atoms with Gasteiger partial charge in [0.2, 0.25) is 5.95 Å². The van der Waals surface area contributed by atoms with Crippen LogP contribution in [-0.2, 0) is 10.3 Å². The Morgan fingerprint density at radius 3 is 2.86 bits per heavy atom. The average Bonchev–Trinajstić information content (AvgIpc) is 2.93. The highest BCUT2D eigenvalue weighted by Gasteiger charge is 2.60. The van der Waals surface area contributed by atoms with Crippen molar-refractivity contribution in [3.05, 3.63) is 48.0 Å². The first kappa shape index (κ1) is 17.2. The fourth-order valence-corrected chi connectivity index (χ4v) is 4.86. The largest absolute Gasteiger partial charge is 0.490 e. The van der Waals surface area contributed by atoms with Crippen LogP contribution >= 0.6 is 0 Å². The van der Waals surface area contributed by atoms with Gasteiger partial charge in [0.15, 0.2) is 11.5 Å².